The highest BCUT2D eigenvalue weighted by molar-refractivity contribution is 7.89. The standard InChI is InChI=1S/C18H17N3O8S/c22-17(14-2-1-3-15(21(25)26)16(14)18(23)24)19-12-4-6-13(7-5-12)30(27,28)20-8-10-29-11-9-20/h1-7H,8-11H2,(H,19,22)(H,23,24). The molecule has 0 radical (unpaired) electrons. The number of sulfonamides is 1. The number of nitrogens with one attached hydrogen (secondary N) is 1. The molecule has 2 aromatic rings. The van der Waals surface area contributed by atoms with Crippen molar-refractivity contribution < 1.29 is 32.8 Å². The third-order valence-corrected chi connectivity index (χ3v) is 6.33. The van der Waals surface area contributed by atoms with Gasteiger partial charge in [-0.1, -0.05) is 6.07 Å². The lowest BCUT2D eigenvalue weighted by atomic mass is 10.0. The molecule has 0 unspecified atom stereocenters. The molecule has 0 spiro atoms. The summed E-state index contributed by atoms with van der Waals surface area (Å²) in [5.74, 6) is -2.49. The van der Waals surface area contributed by atoms with Crippen molar-refractivity contribution in [3.05, 3.63) is 63.7 Å². The molecule has 12 heteroatoms. The first kappa shape index (κ1) is 21.4. The van der Waals surface area contributed by atoms with Crippen LogP contribution in [0.2, 0.25) is 0 Å². The van der Waals surface area contributed by atoms with Crippen molar-refractivity contribution in [2.45, 2.75) is 4.90 Å². The van der Waals surface area contributed by atoms with Gasteiger partial charge in [0, 0.05) is 24.8 Å². The minimum absolute atomic E-state index is 0.0315. The van der Waals surface area contributed by atoms with Crippen LogP contribution in [-0.4, -0.2) is 60.9 Å². The zero-order valence-corrected chi connectivity index (χ0v) is 16.3. The summed E-state index contributed by atoms with van der Waals surface area (Å²) in [4.78, 5) is 34.2. The molecule has 30 heavy (non-hydrogen) atoms. The fraction of sp³-hybridized carbons (Fsp3) is 0.222. The molecule has 1 aliphatic rings. The summed E-state index contributed by atoms with van der Waals surface area (Å²) < 4.78 is 31.7. The monoisotopic (exact) mass is 435 g/mol. The summed E-state index contributed by atoms with van der Waals surface area (Å²) in [6, 6.07) is 8.68. The maximum Gasteiger partial charge on any atom is 0.343 e. The van der Waals surface area contributed by atoms with Gasteiger partial charge >= 0.3 is 5.97 Å². The van der Waals surface area contributed by atoms with Gasteiger partial charge in [-0.3, -0.25) is 14.9 Å². The molecule has 1 heterocycles. The van der Waals surface area contributed by atoms with Gasteiger partial charge < -0.3 is 15.2 Å². The van der Waals surface area contributed by atoms with E-state index >= 15 is 0 Å². The zero-order valence-electron chi connectivity index (χ0n) is 15.5. The Morgan fingerprint density at radius 3 is 2.30 bits per heavy atom. The lowest BCUT2D eigenvalue weighted by Gasteiger charge is -2.26. The number of carboxylic acid groups (broad SMARTS) is 1. The summed E-state index contributed by atoms with van der Waals surface area (Å²) in [6.07, 6.45) is 0. The summed E-state index contributed by atoms with van der Waals surface area (Å²) in [6.45, 7) is 1.10. The topological polar surface area (TPSA) is 156 Å². The number of anilines is 1. The molecule has 1 fully saturated rings. The second kappa shape index (κ2) is 8.57. The van der Waals surface area contributed by atoms with E-state index in [2.05, 4.69) is 5.32 Å². The van der Waals surface area contributed by atoms with Crippen LogP contribution >= 0.6 is 0 Å². The van der Waals surface area contributed by atoms with Crippen molar-refractivity contribution >= 4 is 33.3 Å². The van der Waals surface area contributed by atoms with Crippen molar-refractivity contribution in [2.75, 3.05) is 31.6 Å². The van der Waals surface area contributed by atoms with E-state index in [4.69, 9.17) is 4.74 Å². The van der Waals surface area contributed by atoms with Gasteiger partial charge in [0.1, 0.15) is 5.56 Å². The first-order valence-corrected chi connectivity index (χ1v) is 10.2. The molecule has 0 aliphatic carbocycles. The van der Waals surface area contributed by atoms with Gasteiger partial charge in [-0.2, -0.15) is 4.31 Å². The van der Waals surface area contributed by atoms with Crippen LogP contribution in [0, 0.1) is 10.1 Å². The normalized spacial score (nSPS) is 14.8. The highest BCUT2D eigenvalue weighted by Gasteiger charge is 2.28. The maximum absolute atomic E-state index is 12.6. The van der Waals surface area contributed by atoms with Gasteiger partial charge in [0.05, 0.1) is 28.6 Å². The molecular weight excluding hydrogens is 418 g/mol. The number of nitro groups is 1. The Kier molecular flexibility index (Phi) is 6.10. The van der Waals surface area contributed by atoms with Crippen molar-refractivity contribution in [1.82, 2.24) is 4.31 Å². The van der Waals surface area contributed by atoms with Crippen LogP contribution in [0.25, 0.3) is 0 Å². The summed E-state index contributed by atoms with van der Waals surface area (Å²) >= 11 is 0. The van der Waals surface area contributed by atoms with Crippen molar-refractivity contribution in [3.63, 3.8) is 0 Å². The van der Waals surface area contributed by atoms with Gasteiger partial charge in [0.15, 0.2) is 0 Å². The minimum atomic E-state index is -3.70. The molecular formula is C18H17N3O8S. The molecule has 1 saturated heterocycles. The first-order chi connectivity index (χ1) is 14.2. The van der Waals surface area contributed by atoms with Gasteiger partial charge in [-0.05, 0) is 30.3 Å². The third kappa shape index (κ3) is 4.30. The first-order valence-electron chi connectivity index (χ1n) is 8.72. The second-order valence-electron chi connectivity index (χ2n) is 6.26. The highest BCUT2D eigenvalue weighted by atomic mass is 32.2. The number of nitro benzene ring substituents is 1. The Hall–Kier alpha value is -3.35. The number of amides is 1. The number of carbonyl (C=O) groups excluding carboxylic acids is 1. The number of carbonyl (C=O) groups is 2. The maximum atomic E-state index is 12.6. The molecule has 158 valence electrons. The summed E-state index contributed by atoms with van der Waals surface area (Å²) in [7, 11) is -3.70. The SMILES string of the molecule is O=C(Nc1ccc(S(=O)(=O)N2CCOCC2)cc1)c1cccc([N+](=O)[O-])c1C(=O)O. The predicted octanol–water partition coefficient (Wildman–Crippen LogP) is 1.57. The third-order valence-electron chi connectivity index (χ3n) is 4.42. The average Bonchev–Trinajstić information content (AvgIpc) is 2.74. The number of benzene rings is 2. The lowest BCUT2D eigenvalue weighted by molar-refractivity contribution is -0.385. The predicted molar refractivity (Wildman–Crippen MR) is 104 cm³/mol. The number of nitrogens with zero attached hydrogens (tertiary/aromatic N) is 2. The van der Waals surface area contributed by atoms with Crippen LogP contribution < -0.4 is 5.32 Å². The number of hydrogen-bond acceptors (Lipinski definition) is 7. The van der Waals surface area contributed by atoms with E-state index < -0.39 is 38.1 Å². The summed E-state index contributed by atoms with van der Waals surface area (Å²) in [5, 5.41) is 22.8. The van der Waals surface area contributed by atoms with Crippen LogP contribution in [0.3, 0.4) is 0 Å². The van der Waals surface area contributed by atoms with Crippen LogP contribution in [0.1, 0.15) is 20.7 Å². The number of hydrogen-bond donors (Lipinski definition) is 2. The number of rotatable bonds is 6. The lowest BCUT2D eigenvalue weighted by Crippen LogP contribution is -2.40. The molecule has 11 nitrogen and oxygen atoms in total. The van der Waals surface area contributed by atoms with Crippen LogP contribution in [0.15, 0.2) is 47.4 Å². The number of aromatic carboxylic acids is 1. The summed E-state index contributed by atoms with van der Waals surface area (Å²) in [5.41, 5.74) is -1.63. The molecule has 3 rings (SSSR count). The molecule has 0 atom stereocenters. The van der Waals surface area contributed by atoms with Crippen molar-refractivity contribution in [1.29, 1.82) is 0 Å². The minimum Gasteiger partial charge on any atom is -0.477 e. The smallest absolute Gasteiger partial charge is 0.343 e. The molecule has 1 aliphatic heterocycles. The van der Waals surface area contributed by atoms with Crippen LogP contribution in [0.5, 0.6) is 0 Å². The quantitative estimate of drug-likeness (QED) is 0.511. The molecule has 0 aromatic heterocycles. The van der Waals surface area contributed by atoms with E-state index in [1.807, 2.05) is 0 Å². The van der Waals surface area contributed by atoms with Crippen molar-refractivity contribution in [2.24, 2.45) is 0 Å². The largest absolute Gasteiger partial charge is 0.477 e. The zero-order chi connectivity index (χ0) is 21.9. The van der Waals surface area contributed by atoms with Gasteiger partial charge in [-0.15, -0.1) is 0 Å². The highest BCUT2D eigenvalue weighted by Crippen LogP contribution is 2.24. The van der Waals surface area contributed by atoms with E-state index in [1.165, 1.54) is 34.6 Å². The Morgan fingerprint density at radius 2 is 1.73 bits per heavy atom. The van der Waals surface area contributed by atoms with Gasteiger partial charge in [0.25, 0.3) is 11.6 Å². The Balaban J connectivity index is 1.83. The van der Waals surface area contributed by atoms with E-state index in [0.717, 1.165) is 12.1 Å². The van der Waals surface area contributed by atoms with Crippen molar-refractivity contribution in [3.8, 4) is 0 Å². The fourth-order valence-electron chi connectivity index (χ4n) is 2.95. The van der Waals surface area contributed by atoms with Gasteiger partial charge in [-0.25, -0.2) is 13.2 Å². The van der Waals surface area contributed by atoms with E-state index in [-0.39, 0.29) is 29.2 Å². The van der Waals surface area contributed by atoms with E-state index in [1.54, 1.807) is 0 Å². The second-order valence-corrected chi connectivity index (χ2v) is 8.19. The number of morpholine rings is 1. The number of carboxylic acids is 1. The van der Waals surface area contributed by atoms with E-state index in [9.17, 15) is 33.2 Å². The number of ether oxygens (including phenoxy) is 1. The molecule has 2 N–H and O–H groups in total. The molecule has 1 amide bonds. The Labute approximate surface area is 171 Å². The Bertz CT molecular complexity index is 1090. The fourth-order valence-corrected chi connectivity index (χ4v) is 4.36. The molecule has 0 saturated carbocycles. The Morgan fingerprint density at radius 1 is 1.10 bits per heavy atom. The van der Waals surface area contributed by atoms with Gasteiger partial charge in [0.2, 0.25) is 10.0 Å². The van der Waals surface area contributed by atoms with E-state index in [0.29, 0.717) is 13.2 Å². The molecule has 0 bridgehead atoms. The van der Waals surface area contributed by atoms with Crippen LogP contribution in [-0.2, 0) is 14.8 Å². The average molecular weight is 435 g/mol. The van der Waals surface area contributed by atoms with Crippen LogP contribution in [0.4, 0.5) is 11.4 Å². The molecule has 2 aromatic carbocycles.